The summed E-state index contributed by atoms with van der Waals surface area (Å²) in [6.45, 7) is 3.81. The first-order chi connectivity index (χ1) is 7.65. The fraction of sp³-hybridized carbons (Fsp3) is 0.385. The Balaban J connectivity index is 2.55. The summed E-state index contributed by atoms with van der Waals surface area (Å²) in [6.07, 6.45) is 0.197. The number of Topliss-reactive ketones (excluding diaryl/α,β-unsaturated/α-hetero) is 1. The first-order valence-electron chi connectivity index (χ1n) is 5.40. The van der Waals surface area contributed by atoms with Crippen LogP contribution in [-0.4, -0.2) is 18.4 Å². The van der Waals surface area contributed by atoms with Gasteiger partial charge in [0.25, 0.3) is 0 Å². The average Bonchev–Trinajstić information content (AvgIpc) is 2.30. The molecule has 0 radical (unpaired) electrons. The molecule has 0 spiro atoms. The number of esters is 1. The predicted octanol–water partition coefficient (Wildman–Crippen LogP) is 2.46. The quantitative estimate of drug-likeness (QED) is 0.565. The molecular weight excluding hydrogens is 204 g/mol. The molecule has 3 heteroatoms. The van der Waals surface area contributed by atoms with Gasteiger partial charge in [-0.05, 0) is 6.92 Å². The number of carbonyl (C=O) groups is 2. The second-order valence-corrected chi connectivity index (χ2v) is 3.65. The molecule has 3 nitrogen and oxygen atoms in total. The fourth-order valence-electron chi connectivity index (χ4n) is 1.39. The van der Waals surface area contributed by atoms with Gasteiger partial charge in [0, 0.05) is 12.0 Å². The van der Waals surface area contributed by atoms with Crippen LogP contribution in [0.5, 0.6) is 0 Å². The Hall–Kier alpha value is -1.64. The van der Waals surface area contributed by atoms with Crippen LogP contribution in [0.4, 0.5) is 0 Å². The number of hydrogen-bond acceptors (Lipinski definition) is 3. The van der Waals surface area contributed by atoms with Crippen molar-refractivity contribution in [1.82, 2.24) is 0 Å². The molecule has 0 saturated carbocycles. The smallest absolute Gasteiger partial charge is 0.309 e. The zero-order chi connectivity index (χ0) is 12.0. The van der Waals surface area contributed by atoms with Crippen molar-refractivity contribution < 1.29 is 14.3 Å². The monoisotopic (exact) mass is 220 g/mol. The maximum absolute atomic E-state index is 11.8. The van der Waals surface area contributed by atoms with E-state index in [0.29, 0.717) is 12.2 Å². The van der Waals surface area contributed by atoms with E-state index in [0.717, 1.165) is 0 Å². The molecule has 1 aromatic rings. The molecule has 0 aliphatic carbocycles. The van der Waals surface area contributed by atoms with E-state index in [-0.39, 0.29) is 24.1 Å². The van der Waals surface area contributed by atoms with E-state index in [1.165, 1.54) is 0 Å². The third kappa shape index (κ3) is 3.50. The highest BCUT2D eigenvalue weighted by molar-refractivity contribution is 5.97. The zero-order valence-corrected chi connectivity index (χ0v) is 9.60. The minimum Gasteiger partial charge on any atom is -0.466 e. The Morgan fingerprint density at radius 2 is 1.88 bits per heavy atom. The van der Waals surface area contributed by atoms with Gasteiger partial charge in [-0.2, -0.15) is 0 Å². The summed E-state index contributed by atoms with van der Waals surface area (Å²) in [5.74, 6) is -0.722. The first-order valence-corrected chi connectivity index (χ1v) is 5.40. The van der Waals surface area contributed by atoms with Crippen molar-refractivity contribution in [2.24, 2.45) is 5.92 Å². The highest BCUT2D eigenvalue weighted by Crippen LogP contribution is 2.11. The topological polar surface area (TPSA) is 43.4 Å². The molecule has 0 aliphatic rings. The van der Waals surface area contributed by atoms with Crippen LogP contribution in [0, 0.1) is 5.92 Å². The van der Waals surface area contributed by atoms with Crippen molar-refractivity contribution in [3.8, 4) is 0 Å². The third-order valence-corrected chi connectivity index (χ3v) is 2.28. The minimum absolute atomic E-state index is 0.0267. The molecule has 0 N–H and O–H groups in total. The number of ketones is 1. The highest BCUT2D eigenvalue weighted by atomic mass is 16.5. The van der Waals surface area contributed by atoms with Crippen molar-refractivity contribution >= 4 is 11.8 Å². The lowest BCUT2D eigenvalue weighted by atomic mass is 10.00. The summed E-state index contributed by atoms with van der Waals surface area (Å²) < 4.78 is 4.85. The van der Waals surface area contributed by atoms with Crippen molar-refractivity contribution in [2.75, 3.05) is 6.61 Å². The van der Waals surface area contributed by atoms with E-state index < -0.39 is 0 Å². The lowest BCUT2D eigenvalue weighted by Crippen LogP contribution is -2.18. The van der Waals surface area contributed by atoms with Crippen molar-refractivity contribution in [1.29, 1.82) is 0 Å². The number of carbonyl (C=O) groups excluding carboxylic acids is 2. The number of benzene rings is 1. The summed E-state index contributed by atoms with van der Waals surface area (Å²) in [6, 6.07) is 8.97. The Kier molecular flexibility index (Phi) is 4.70. The van der Waals surface area contributed by atoms with E-state index in [4.69, 9.17) is 4.74 Å². The molecule has 16 heavy (non-hydrogen) atoms. The molecule has 1 rings (SSSR count). The lowest BCUT2D eigenvalue weighted by Gasteiger charge is -2.09. The van der Waals surface area contributed by atoms with Crippen LogP contribution in [0.15, 0.2) is 30.3 Å². The Morgan fingerprint density at radius 1 is 1.25 bits per heavy atom. The summed E-state index contributed by atoms with van der Waals surface area (Å²) in [4.78, 5) is 23.1. The molecule has 0 saturated heterocycles. The molecule has 0 bridgehead atoms. The van der Waals surface area contributed by atoms with Crippen LogP contribution in [0.1, 0.15) is 30.6 Å². The second kappa shape index (κ2) is 6.05. The summed E-state index contributed by atoms with van der Waals surface area (Å²) >= 11 is 0. The third-order valence-electron chi connectivity index (χ3n) is 2.28. The van der Waals surface area contributed by atoms with Gasteiger partial charge >= 0.3 is 5.97 Å². The Bertz CT molecular complexity index is 357. The molecule has 0 amide bonds. The average molecular weight is 220 g/mol. The second-order valence-electron chi connectivity index (χ2n) is 3.65. The number of rotatable bonds is 5. The number of ether oxygens (including phenoxy) is 1. The molecular formula is C13H16O3. The van der Waals surface area contributed by atoms with E-state index in [1.54, 1.807) is 26.0 Å². The van der Waals surface area contributed by atoms with Gasteiger partial charge in [-0.1, -0.05) is 37.3 Å². The maximum Gasteiger partial charge on any atom is 0.309 e. The van der Waals surface area contributed by atoms with E-state index in [9.17, 15) is 9.59 Å². The van der Waals surface area contributed by atoms with Gasteiger partial charge in [0.15, 0.2) is 5.78 Å². The van der Waals surface area contributed by atoms with Crippen molar-refractivity contribution in [2.45, 2.75) is 20.3 Å². The maximum atomic E-state index is 11.8. The van der Waals surface area contributed by atoms with E-state index in [2.05, 4.69) is 0 Å². The van der Waals surface area contributed by atoms with Crippen molar-refractivity contribution in [3.05, 3.63) is 35.9 Å². The Labute approximate surface area is 95.4 Å². The Morgan fingerprint density at radius 3 is 2.44 bits per heavy atom. The van der Waals surface area contributed by atoms with Crippen LogP contribution >= 0.6 is 0 Å². The fourth-order valence-corrected chi connectivity index (χ4v) is 1.39. The van der Waals surface area contributed by atoms with Crippen molar-refractivity contribution in [3.63, 3.8) is 0 Å². The molecule has 1 atom stereocenters. The van der Waals surface area contributed by atoms with Gasteiger partial charge in [0.2, 0.25) is 0 Å². The van der Waals surface area contributed by atoms with Gasteiger partial charge in [0.1, 0.15) is 0 Å². The van der Waals surface area contributed by atoms with Crippen LogP contribution in [0.2, 0.25) is 0 Å². The van der Waals surface area contributed by atoms with Gasteiger partial charge in [-0.25, -0.2) is 0 Å². The van der Waals surface area contributed by atoms with Gasteiger partial charge in [-0.3, -0.25) is 9.59 Å². The normalized spacial score (nSPS) is 11.9. The summed E-state index contributed by atoms with van der Waals surface area (Å²) in [7, 11) is 0. The van der Waals surface area contributed by atoms with Gasteiger partial charge in [-0.15, -0.1) is 0 Å². The lowest BCUT2D eigenvalue weighted by molar-refractivity contribution is -0.147. The van der Waals surface area contributed by atoms with Crippen LogP contribution in [0.3, 0.4) is 0 Å². The largest absolute Gasteiger partial charge is 0.466 e. The van der Waals surface area contributed by atoms with Crippen LogP contribution < -0.4 is 0 Å². The molecule has 0 heterocycles. The van der Waals surface area contributed by atoms with E-state index >= 15 is 0 Å². The molecule has 0 aliphatic heterocycles. The summed E-state index contributed by atoms with van der Waals surface area (Å²) in [5.41, 5.74) is 0.638. The van der Waals surface area contributed by atoms with Crippen LogP contribution in [0.25, 0.3) is 0 Å². The number of hydrogen-bond donors (Lipinski definition) is 0. The first kappa shape index (κ1) is 12.4. The highest BCUT2D eigenvalue weighted by Gasteiger charge is 2.18. The standard InChI is InChI=1S/C13H16O3/c1-3-16-13(15)10(2)9-12(14)11-7-5-4-6-8-11/h4-8,10H,3,9H2,1-2H3/t10-/m0/s1. The molecule has 1 aromatic carbocycles. The molecule has 86 valence electrons. The molecule has 0 aromatic heterocycles. The predicted molar refractivity (Wildman–Crippen MR) is 61.2 cm³/mol. The molecule has 0 unspecified atom stereocenters. The zero-order valence-electron chi connectivity index (χ0n) is 9.60. The van der Waals surface area contributed by atoms with E-state index in [1.807, 2.05) is 18.2 Å². The summed E-state index contributed by atoms with van der Waals surface area (Å²) in [5, 5.41) is 0. The van der Waals surface area contributed by atoms with Crippen LogP contribution in [-0.2, 0) is 9.53 Å². The van der Waals surface area contributed by atoms with Gasteiger partial charge < -0.3 is 4.74 Å². The minimum atomic E-state index is -0.382. The molecule has 0 fully saturated rings. The van der Waals surface area contributed by atoms with Gasteiger partial charge in [0.05, 0.1) is 12.5 Å². The SMILES string of the molecule is CCOC(=O)[C@@H](C)CC(=O)c1ccccc1.